The molecule has 1 amide bonds. The van der Waals surface area contributed by atoms with E-state index in [0.29, 0.717) is 13.1 Å². The number of hydrogen-bond donors (Lipinski definition) is 2. The maximum absolute atomic E-state index is 11.9. The lowest BCUT2D eigenvalue weighted by molar-refractivity contribution is -0.151. The lowest BCUT2D eigenvalue weighted by atomic mass is 9.86. The van der Waals surface area contributed by atoms with Crippen molar-refractivity contribution in [1.29, 1.82) is 0 Å². The van der Waals surface area contributed by atoms with Crippen LogP contribution < -0.4 is 5.73 Å². The van der Waals surface area contributed by atoms with E-state index in [1.165, 1.54) is 0 Å². The molecule has 0 spiro atoms. The first-order valence-electron chi connectivity index (χ1n) is 6.15. The Bertz CT molecular complexity index is 300. The summed E-state index contributed by atoms with van der Waals surface area (Å²) in [6, 6.07) is -0.457. The van der Waals surface area contributed by atoms with Crippen LogP contribution in [0.1, 0.15) is 27.2 Å². The SMILES string of the molecule is CCC(C)[C@H](N)C(=O)N1CC(C(C)C(=O)O)C1. The fourth-order valence-electron chi connectivity index (χ4n) is 1.92. The maximum Gasteiger partial charge on any atom is 0.306 e. The van der Waals surface area contributed by atoms with Gasteiger partial charge in [0, 0.05) is 19.0 Å². The molecule has 0 bridgehead atoms. The van der Waals surface area contributed by atoms with Crippen LogP contribution in [-0.4, -0.2) is 41.0 Å². The zero-order chi connectivity index (χ0) is 13.2. The average molecular weight is 242 g/mol. The highest BCUT2D eigenvalue weighted by atomic mass is 16.4. The smallest absolute Gasteiger partial charge is 0.306 e. The van der Waals surface area contributed by atoms with Crippen LogP contribution in [0.4, 0.5) is 0 Å². The molecule has 2 unspecified atom stereocenters. The number of nitrogens with zero attached hydrogens (tertiary/aromatic N) is 1. The van der Waals surface area contributed by atoms with Crippen LogP contribution in [-0.2, 0) is 9.59 Å². The van der Waals surface area contributed by atoms with Crippen molar-refractivity contribution < 1.29 is 14.7 Å². The maximum atomic E-state index is 11.9. The van der Waals surface area contributed by atoms with Gasteiger partial charge in [-0.3, -0.25) is 9.59 Å². The number of aliphatic carboxylic acids is 1. The summed E-state index contributed by atoms with van der Waals surface area (Å²) in [6.07, 6.45) is 0.871. The van der Waals surface area contributed by atoms with E-state index in [2.05, 4.69) is 0 Å². The molecule has 0 aromatic heterocycles. The van der Waals surface area contributed by atoms with E-state index in [9.17, 15) is 9.59 Å². The average Bonchev–Trinajstić information content (AvgIpc) is 2.24. The Morgan fingerprint density at radius 1 is 1.41 bits per heavy atom. The topological polar surface area (TPSA) is 83.6 Å². The summed E-state index contributed by atoms with van der Waals surface area (Å²) in [4.78, 5) is 24.4. The monoisotopic (exact) mass is 242 g/mol. The van der Waals surface area contributed by atoms with Crippen molar-refractivity contribution >= 4 is 11.9 Å². The van der Waals surface area contributed by atoms with Gasteiger partial charge in [0.05, 0.1) is 12.0 Å². The molecule has 1 fully saturated rings. The second-order valence-electron chi connectivity index (χ2n) is 5.04. The van der Waals surface area contributed by atoms with E-state index < -0.39 is 12.0 Å². The van der Waals surface area contributed by atoms with Crippen molar-refractivity contribution in [2.24, 2.45) is 23.5 Å². The number of hydrogen-bond acceptors (Lipinski definition) is 3. The molecular weight excluding hydrogens is 220 g/mol. The number of carbonyl (C=O) groups excluding carboxylic acids is 1. The molecular formula is C12H22N2O3. The Labute approximate surface area is 102 Å². The Morgan fingerprint density at radius 2 is 1.94 bits per heavy atom. The van der Waals surface area contributed by atoms with Crippen molar-refractivity contribution in [3.05, 3.63) is 0 Å². The van der Waals surface area contributed by atoms with Crippen LogP contribution in [0.15, 0.2) is 0 Å². The van der Waals surface area contributed by atoms with Crippen LogP contribution in [0.25, 0.3) is 0 Å². The van der Waals surface area contributed by atoms with Crippen LogP contribution in [0.2, 0.25) is 0 Å². The molecule has 0 radical (unpaired) electrons. The van der Waals surface area contributed by atoms with Gasteiger partial charge in [0.1, 0.15) is 0 Å². The standard InChI is InChI=1S/C12H22N2O3/c1-4-7(2)10(13)11(15)14-5-9(6-14)8(3)12(16)17/h7-10H,4-6,13H2,1-3H3,(H,16,17)/t7?,8?,10-/m0/s1. The van der Waals surface area contributed by atoms with Crippen LogP contribution in [0.3, 0.4) is 0 Å². The number of carboxylic acids is 1. The fraction of sp³-hybridized carbons (Fsp3) is 0.833. The fourth-order valence-corrected chi connectivity index (χ4v) is 1.92. The second kappa shape index (κ2) is 5.49. The first-order chi connectivity index (χ1) is 7.88. The summed E-state index contributed by atoms with van der Waals surface area (Å²) in [6.45, 7) is 6.69. The second-order valence-corrected chi connectivity index (χ2v) is 5.04. The molecule has 0 aromatic carbocycles. The number of amides is 1. The summed E-state index contributed by atoms with van der Waals surface area (Å²) >= 11 is 0. The van der Waals surface area contributed by atoms with E-state index in [1.807, 2.05) is 13.8 Å². The highest BCUT2D eigenvalue weighted by Gasteiger charge is 2.39. The van der Waals surface area contributed by atoms with E-state index in [1.54, 1.807) is 11.8 Å². The lowest BCUT2D eigenvalue weighted by Crippen LogP contribution is -2.58. The van der Waals surface area contributed by atoms with Gasteiger partial charge in [-0.05, 0) is 5.92 Å². The summed E-state index contributed by atoms with van der Waals surface area (Å²) in [7, 11) is 0. The predicted molar refractivity (Wildman–Crippen MR) is 64.3 cm³/mol. The van der Waals surface area contributed by atoms with Crippen molar-refractivity contribution in [2.75, 3.05) is 13.1 Å². The largest absolute Gasteiger partial charge is 0.481 e. The molecule has 17 heavy (non-hydrogen) atoms. The Kier molecular flexibility index (Phi) is 4.51. The van der Waals surface area contributed by atoms with Crippen LogP contribution >= 0.6 is 0 Å². The lowest BCUT2D eigenvalue weighted by Gasteiger charge is -2.42. The summed E-state index contributed by atoms with van der Waals surface area (Å²) in [5.41, 5.74) is 5.86. The molecule has 3 N–H and O–H groups in total. The zero-order valence-electron chi connectivity index (χ0n) is 10.7. The van der Waals surface area contributed by atoms with Gasteiger partial charge in [0.15, 0.2) is 0 Å². The molecule has 1 aliphatic rings. The molecule has 98 valence electrons. The quantitative estimate of drug-likeness (QED) is 0.737. The molecule has 5 heteroatoms. The predicted octanol–water partition coefficient (Wildman–Crippen LogP) is 0.539. The van der Waals surface area contributed by atoms with E-state index >= 15 is 0 Å². The number of likely N-dealkylation sites (tertiary alicyclic amines) is 1. The minimum Gasteiger partial charge on any atom is -0.481 e. The minimum absolute atomic E-state index is 0.0480. The van der Waals surface area contributed by atoms with E-state index in [0.717, 1.165) is 6.42 Å². The third kappa shape index (κ3) is 2.97. The van der Waals surface area contributed by atoms with Crippen LogP contribution in [0, 0.1) is 17.8 Å². The molecule has 1 saturated heterocycles. The highest BCUT2D eigenvalue weighted by molar-refractivity contribution is 5.83. The van der Waals surface area contributed by atoms with Gasteiger partial charge in [-0.25, -0.2) is 0 Å². The van der Waals surface area contributed by atoms with Gasteiger partial charge >= 0.3 is 5.97 Å². The highest BCUT2D eigenvalue weighted by Crippen LogP contribution is 2.25. The van der Waals surface area contributed by atoms with Crippen molar-refractivity contribution in [1.82, 2.24) is 4.90 Å². The van der Waals surface area contributed by atoms with Gasteiger partial charge in [0.25, 0.3) is 0 Å². The van der Waals surface area contributed by atoms with Crippen molar-refractivity contribution in [2.45, 2.75) is 33.2 Å². The van der Waals surface area contributed by atoms with E-state index in [4.69, 9.17) is 10.8 Å². The number of rotatable bonds is 5. The molecule has 1 rings (SSSR count). The van der Waals surface area contributed by atoms with Gasteiger partial charge in [-0.1, -0.05) is 27.2 Å². The molecule has 5 nitrogen and oxygen atoms in total. The first-order valence-corrected chi connectivity index (χ1v) is 6.15. The molecule has 0 saturated carbocycles. The first kappa shape index (κ1) is 14.0. The molecule has 3 atom stereocenters. The number of carbonyl (C=O) groups is 2. The summed E-state index contributed by atoms with van der Waals surface area (Å²) in [5, 5.41) is 8.85. The number of nitrogens with two attached hydrogens (primary N) is 1. The van der Waals surface area contributed by atoms with Crippen molar-refractivity contribution in [3.63, 3.8) is 0 Å². The minimum atomic E-state index is -0.798. The number of carboxylic acid groups (broad SMARTS) is 1. The molecule has 0 aliphatic carbocycles. The normalized spacial score (nSPS) is 21.5. The van der Waals surface area contributed by atoms with Crippen LogP contribution in [0.5, 0.6) is 0 Å². The van der Waals surface area contributed by atoms with Gasteiger partial charge < -0.3 is 15.7 Å². The third-order valence-electron chi connectivity index (χ3n) is 3.86. The third-order valence-corrected chi connectivity index (χ3v) is 3.86. The Hall–Kier alpha value is -1.10. The Morgan fingerprint density at radius 3 is 2.35 bits per heavy atom. The van der Waals surface area contributed by atoms with Crippen molar-refractivity contribution in [3.8, 4) is 0 Å². The van der Waals surface area contributed by atoms with E-state index in [-0.39, 0.29) is 23.7 Å². The summed E-state index contributed by atoms with van der Waals surface area (Å²) in [5.74, 6) is -1.00. The molecule has 0 aromatic rings. The Balaban J connectivity index is 2.42. The van der Waals surface area contributed by atoms with Gasteiger partial charge in [-0.2, -0.15) is 0 Å². The zero-order valence-corrected chi connectivity index (χ0v) is 10.7. The summed E-state index contributed by atoms with van der Waals surface area (Å²) < 4.78 is 0. The van der Waals surface area contributed by atoms with Gasteiger partial charge in [-0.15, -0.1) is 0 Å². The van der Waals surface area contributed by atoms with Gasteiger partial charge in [0.2, 0.25) is 5.91 Å². The molecule has 1 heterocycles. The molecule has 1 aliphatic heterocycles.